The van der Waals surface area contributed by atoms with Crippen LogP contribution in [0.25, 0.3) is 43.4 Å². The second kappa shape index (κ2) is 12.6. The number of anilines is 1. The van der Waals surface area contributed by atoms with Crippen LogP contribution in [0.3, 0.4) is 0 Å². The number of carbonyl (C=O) groups excluding carboxylic acids is 2. The molecule has 0 unspecified atom stereocenters. The number of hydrogen-bond donors (Lipinski definition) is 1. The van der Waals surface area contributed by atoms with E-state index in [1.165, 1.54) is 24.5 Å². The normalized spacial score (nSPS) is 13.4. The number of carbonyl (C=O) groups is 2. The van der Waals surface area contributed by atoms with Crippen LogP contribution in [0, 0.1) is 11.6 Å². The predicted molar refractivity (Wildman–Crippen MR) is 169 cm³/mol. The van der Waals surface area contributed by atoms with Gasteiger partial charge in [0, 0.05) is 79.1 Å². The van der Waals surface area contributed by atoms with E-state index >= 15 is 4.39 Å². The van der Waals surface area contributed by atoms with Gasteiger partial charge in [0.05, 0.1) is 29.6 Å². The SMILES string of the molecule is C=CC(=O)N1CCN(C(=O)Nc2nc(-c3ccc4c(cnn4C)c3)c3ccsc3c2-c2c(F)cc(F)cc2OCCOC)CC1. The van der Waals surface area contributed by atoms with Crippen LogP contribution < -0.4 is 10.1 Å². The molecule has 6 rings (SSSR count). The molecule has 1 fully saturated rings. The van der Waals surface area contributed by atoms with Gasteiger partial charge in [0.2, 0.25) is 5.91 Å². The molecule has 0 spiro atoms. The summed E-state index contributed by atoms with van der Waals surface area (Å²) in [6, 6.07) is 9.12. The Balaban J connectivity index is 1.49. The summed E-state index contributed by atoms with van der Waals surface area (Å²) in [5.41, 5.74) is 2.52. The third kappa shape index (κ3) is 5.83. The first-order chi connectivity index (χ1) is 21.8. The van der Waals surface area contributed by atoms with Gasteiger partial charge in [0.1, 0.15) is 29.8 Å². The number of piperazine rings is 1. The summed E-state index contributed by atoms with van der Waals surface area (Å²) in [6.07, 6.45) is 3.01. The summed E-state index contributed by atoms with van der Waals surface area (Å²) in [6.45, 7) is 5.01. The lowest BCUT2D eigenvalue weighted by atomic mass is 9.99. The van der Waals surface area contributed by atoms with Gasteiger partial charge in [0.25, 0.3) is 0 Å². The van der Waals surface area contributed by atoms with Crippen LogP contribution in [0.1, 0.15) is 0 Å². The molecule has 0 aliphatic carbocycles. The van der Waals surface area contributed by atoms with Gasteiger partial charge in [-0.15, -0.1) is 11.3 Å². The van der Waals surface area contributed by atoms with Crippen LogP contribution in [-0.4, -0.2) is 83.0 Å². The maximum atomic E-state index is 15.8. The molecule has 1 aliphatic heterocycles. The molecule has 0 radical (unpaired) electrons. The minimum atomic E-state index is -0.865. The van der Waals surface area contributed by atoms with Gasteiger partial charge < -0.3 is 19.3 Å². The van der Waals surface area contributed by atoms with Crippen molar-refractivity contribution in [3.8, 4) is 28.1 Å². The number of ether oxygens (including phenoxy) is 2. The molecule has 1 N–H and O–H groups in total. The van der Waals surface area contributed by atoms with Gasteiger partial charge in [0.15, 0.2) is 0 Å². The summed E-state index contributed by atoms with van der Waals surface area (Å²) >= 11 is 1.34. The molecular formula is C32H30F2N6O4S. The standard InChI is InChI=1S/C32H30F2N6O4S/c1-4-26(41)39-8-10-40(11-9-39)32(42)37-31-28(27-23(34)16-21(33)17-25(27)44-13-12-43-3)30-22(7-14-45-30)29(36-31)19-5-6-24-20(15-19)18-35-38(24)2/h4-7,14-18H,1,8-13H2,2-3H3,(H,36,37,42). The first-order valence-corrected chi connectivity index (χ1v) is 15.1. The van der Waals surface area contributed by atoms with Crippen molar-refractivity contribution >= 4 is 50.1 Å². The Kier molecular flexibility index (Phi) is 8.46. The zero-order chi connectivity index (χ0) is 31.7. The van der Waals surface area contributed by atoms with Crippen molar-refractivity contribution in [1.82, 2.24) is 24.6 Å². The molecule has 1 saturated heterocycles. The highest BCUT2D eigenvalue weighted by Gasteiger charge is 2.28. The molecule has 3 aromatic heterocycles. The number of aryl methyl sites for hydroxylation is 1. The number of halogens is 2. The molecule has 2 aromatic carbocycles. The highest BCUT2D eigenvalue weighted by molar-refractivity contribution is 7.18. The van der Waals surface area contributed by atoms with Crippen molar-refractivity contribution in [3.05, 3.63) is 72.3 Å². The molecule has 3 amide bonds. The summed E-state index contributed by atoms with van der Waals surface area (Å²) < 4.78 is 43.6. The smallest absolute Gasteiger partial charge is 0.323 e. The molecule has 45 heavy (non-hydrogen) atoms. The van der Waals surface area contributed by atoms with Crippen LogP contribution in [0.4, 0.5) is 19.4 Å². The van der Waals surface area contributed by atoms with E-state index in [0.717, 1.165) is 34.0 Å². The fraction of sp³-hybridized carbons (Fsp3) is 0.250. The van der Waals surface area contributed by atoms with E-state index in [4.69, 9.17) is 14.5 Å². The summed E-state index contributed by atoms with van der Waals surface area (Å²) in [7, 11) is 3.36. The number of rotatable bonds is 8. The van der Waals surface area contributed by atoms with Crippen LogP contribution in [0.5, 0.6) is 5.75 Å². The highest BCUT2D eigenvalue weighted by atomic mass is 32.1. The number of benzene rings is 2. The average Bonchev–Trinajstić information content (AvgIpc) is 3.68. The average molecular weight is 633 g/mol. The second-order valence-electron chi connectivity index (χ2n) is 10.4. The van der Waals surface area contributed by atoms with E-state index in [2.05, 4.69) is 17.0 Å². The molecule has 0 saturated carbocycles. The third-order valence-electron chi connectivity index (χ3n) is 7.72. The van der Waals surface area contributed by atoms with Gasteiger partial charge in [-0.3, -0.25) is 14.8 Å². The van der Waals surface area contributed by atoms with Crippen LogP contribution in [0.15, 0.2) is 60.6 Å². The largest absolute Gasteiger partial charge is 0.490 e. The molecule has 10 nitrogen and oxygen atoms in total. The van der Waals surface area contributed by atoms with Crippen molar-refractivity contribution < 1.29 is 27.8 Å². The molecule has 0 atom stereocenters. The summed E-state index contributed by atoms with van der Waals surface area (Å²) in [5.74, 6) is -1.83. The fourth-order valence-corrected chi connectivity index (χ4v) is 6.41. The zero-order valence-electron chi connectivity index (χ0n) is 24.7. The number of urea groups is 1. The first-order valence-electron chi connectivity index (χ1n) is 14.2. The molecule has 5 aromatic rings. The van der Waals surface area contributed by atoms with E-state index in [1.54, 1.807) is 20.7 Å². The second-order valence-corrected chi connectivity index (χ2v) is 11.4. The van der Waals surface area contributed by atoms with E-state index in [-0.39, 0.29) is 54.9 Å². The van der Waals surface area contributed by atoms with Gasteiger partial charge in [-0.2, -0.15) is 5.10 Å². The van der Waals surface area contributed by atoms with Crippen molar-refractivity contribution in [2.75, 3.05) is 51.8 Å². The van der Waals surface area contributed by atoms with Crippen molar-refractivity contribution in [1.29, 1.82) is 0 Å². The summed E-state index contributed by atoms with van der Waals surface area (Å²) in [4.78, 5) is 33.8. The Bertz CT molecular complexity index is 1930. The highest BCUT2D eigenvalue weighted by Crippen LogP contribution is 2.46. The van der Waals surface area contributed by atoms with Crippen molar-refractivity contribution in [3.63, 3.8) is 0 Å². The third-order valence-corrected chi connectivity index (χ3v) is 8.65. The lowest BCUT2D eigenvalue weighted by Gasteiger charge is -2.34. The number of hydrogen-bond acceptors (Lipinski definition) is 7. The Labute approximate surface area is 261 Å². The topological polar surface area (TPSA) is 102 Å². The van der Waals surface area contributed by atoms with E-state index in [1.807, 2.05) is 36.7 Å². The number of methoxy groups -OCH3 is 1. The van der Waals surface area contributed by atoms with Gasteiger partial charge in [-0.1, -0.05) is 12.6 Å². The van der Waals surface area contributed by atoms with Crippen molar-refractivity contribution in [2.45, 2.75) is 0 Å². The van der Waals surface area contributed by atoms with Gasteiger partial charge in [-0.25, -0.2) is 18.6 Å². The number of nitrogens with zero attached hydrogens (tertiary/aromatic N) is 5. The van der Waals surface area contributed by atoms with Crippen LogP contribution in [0.2, 0.25) is 0 Å². The Morgan fingerprint density at radius 2 is 1.84 bits per heavy atom. The molecule has 13 heteroatoms. The maximum absolute atomic E-state index is 15.8. The Hall–Kier alpha value is -4.88. The predicted octanol–water partition coefficient (Wildman–Crippen LogP) is 5.68. The fourth-order valence-electron chi connectivity index (χ4n) is 5.46. The van der Waals surface area contributed by atoms with Crippen LogP contribution in [-0.2, 0) is 16.6 Å². The Morgan fingerprint density at radius 1 is 1.07 bits per heavy atom. The molecule has 0 bridgehead atoms. The number of fused-ring (bicyclic) bond motifs is 2. The molecule has 232 valence electrons. The number of nitrogens with one attached hydrogen (secondary N) is 1. The first kappa shape index (κ1) is 30.2. The number of amides is 3. The van der Waals surface area contributed by atoms with E-state index in [9.17, 15) is 14.0 Å². The minimum absolute atomic E-state index is 0.0292. The number of thiophene rings is 1. The lowest BCUT2D eigenvalue weighted by molar-refractivity contribution is -0.127. The summed E-state index contributed by atoms with van der Waals surface area (Å²) in [5, 5.41) is 10.7. The number of pyridine rings is 1. The van der Waals surface area contributed by atoms with Gasteiger partial charge >= 0.3 is 6.03 Å². The molecular weight excluding hydrogens is 602 g/mol. The monoisotopic (exact) mass is 632 g/mol. The maximum Gasteiger partial charge on any atom is 0.323 e. The van der Waals surface area contributed by atoms with Crippen molar-refractivity contribution in [2.24, 2.45) is 7.05 Å². The Morgan fingerprint density at radius 3 is 2.60 bits per heavy atom. The number of aromatic nitrogens is 3. The quantitative estimate of drug-likeness (QED) is 0.175. The van der Waals surface area contributed by atoms with E-state index < -0.39 is 17.7 Å². The zero-order valence-corrected chi connectivity index (χ0v) is 25.5. The molecule has 1 aliphatic rings. The van der Waals surface area contributed by atoms with Gasteiger partial charge in [-0.05, 0) is 29.7 Å². The minimum Gasteiger partial charge on any atom is -0.490 e. The van der Waals surface area contributed by atoms with Crippen LogP contribution >= 0.6 is 11.3 Å². The molecule has 4 heterocycles. The van der Waals surface area contributed by atoms with E-state index in [0.29, 0.717) is 23.5 Å². The lowest BCUT2D eigenvalue weighted by Crippen LogP contribution is -2.51.